The summed E-state index contributed by atoms with van der Waals surface area (Å²) in [5, 5.41) is 10.0. The smallest absolute Gasteiger partial charge is 0.0625 e. The van der Waals surface area contributed by atoms with Crippen LogP contribution in [-0.2, 0) is 0 Å². The van der Waals surface area contributed by atoms with Gasteiger partial charge in [-0.25, -0.2) is 0 Å². The van der Waals surface area contributed by atoms with E-state index in [9.17, 15) is 0 Å². The van der Waals surface area contributed by atoms with Crippen LogP contribution in [0.15, 0.2) is 12.1 Å². The molecule has 0 aliphatic rings. The Kier molecular flexibility index (Phi) is 3.83. The van der Waals surface area contributed by atoms with Gasteiger partial charge in [-0.3, -0.25) is 0 Å². The first-order valence-electron chi connectivity index (χ1n) is 3.57. The number of hydrogen-bond acceptors (Lipinski definition) is 2. The Balaban J connectivity index is 3.20. The zero-order valence-corrected chi connectivity index (χ0v) is 8.87. The lowest BCUT2D eigenvalue weighted by Gasteiger charge is -2.12. The summed E-state index contributed by atoms with van der Waals surface area (Å²) in [5.41, 5.74) is 6.11. The van der Waals surface area contributed by atoms with E-state index < -0.39 is 6.04 Å². The maximum Gasteiger partial charge on any atom is 0.0625 e. The molecule has 1 aromatic rings. The average molecular weight is 241 g/mol. The Morgan fingerprint density at radius 2 is 1.69 bits per heavy atom. The molecule has 0 saturated carbocycles. The molecule has 0 aliphatic heterocycles. The van der Waals surface area contributed by atoms with Gasteiger partial charge in [0, 0.05) is 20.6 Å². The molecule has 1 aromatic carbocycles. The number of benzene rings is 1. The third kappa shape index (κ3) is 2.48. The van der Waals surface area contributed by atoms with Crippen LogP contribution in [0.4, 0.5) is 0 Å². The van der Waals surface area contributed by atoms with Gasteiger partial charge in [0.1, 0.15) is 0 Å². The van der Waals surface area contributed by atoms with Crippen LogP contribution in [0.25, 0.3) is 0 Å². The molecule has 72 valence electrons. The second-order valence-corrected chi connectivity index (χ2v) is 3.82. The number of aliphatic hydroxyl groups excluding tert-OH is 1. The molecule has 1 rings (SSSR count). The summed E-state index contributed by atoms with van der Waals surface area (Å²) in [4.78, 5) is 0. The van der Waals surface area contributed by atoms with Crippen molar-refractivity contribution in [2.45, 2.75) is 6.04 Å². The fourth-order valence-corrected chi connectivity index (χ4v) is 2.10. The predicted molar refractivity (Wildman–Crippen MR) is 55.5 cm³/mol. The minimum atomic E-state index is -0.572. The molecule has 3 N–H and O–H groups in total. The van der Waals surface area contributed by atoms with Gasteiger partial charge in [-0.2, -0.15) is 0 Å². The van der Waals surface area contributed by atoms with Gasteiger partial charge in [0.05, 0.1) is 12.6 Å². The molecule has 13 heavy (non-hydrogen) atoms. The van der Waals surface area contributed by atoms with Crippen molar-refractivity contribution in [2.75, 3.05) is 6.61 Å². The van der Waals surface area contributed by atoms with E-state index >= 15 is 0 Å². The second kappa shape index (κ2) is 4.49. The molecule has 0 amide bonds. The minimum absolute atomic E-state index is 0.207. The summed E-state index contributed by atoms with van der Waals surface area (Å²) in [6.07, 6.45) is 0. The number of nitrogens with two attached hydrogens (primary N) is 1. The molecule has 2 nitrogen and oxygen atoms in total. The van der Waals surface area contributed by atoms with Gasteiger partial charge < -0.3 is 10.8 Å². The normalized spacial score (nSPS) is 13.0. The SMILES string of the molecule is N[C@@H](CO)c1c(Cl)cc(Cl)cc1Cl. The summed E-state index contributed by atoms with van der Waals surface area (Å²) in [6.45, 7) is -0.207. The van der Waals surface area contributed by atoms with Crippen LogP contribution in [-0.4, -0.2) is 11.7 Å². The highest BCUT2D eigenvalue weighted by Gasteiger charge is 2.14. The summed E-state index contributed by atoms with van der Waals surface area (Å²) in [6, 6.07) is 2.51. The van der Waals surface area contributed by atoms with E-state index in [2.05, 4.69) is 0 Å². The molecule has 0 heterocycles. The van der Waals surface area contributed by atoms with E-state index in [-0.39, 0.29) is 6.61 Å². The first-order chi connectivity index (χ1) is 6.06. The zero-order valence-electron chi connectivity index (χ0n) is 6.60. The standard InChI is InChI=1S/C8H8Cl3NO/c9-4-1-5(10)8(6(11)2-4)7(12)3-13/h1-2,7,13H,3,12H2/t7-/m0/s1. The number of rotatable bonds is 2. The summed E-state index contributed by atoms with van der Waals surface area (Å²) < 4.78 is 0. The molecule has 0 spiro atoms. The van der Waals surface area contributed by atoms with Crippen molar-refractivity contribution in [1.29, 1.82) is 0 Å². The van der Waals surface area contributed by atoms with Gasteiger partial charge in [-0.15, -0.1) is 0 Å². The van der Waals surface area contributed by atoms with Crippen LogP contribution in [0.5, 0.6) is 0 Å². The lowest BCUT2D eigenvalue weighted by Crippen LogP contribution is -2.15. The highest BCUT2D eigenvalue weighted by atomic mass is 35.5. The fraction of sp³-hybridized carbons (Fsp3) is 0.250. The molecule has 0 saturated heterocycles. The third-order valence-electron chi connectivity index (χ3n) is 1.61. The van der Waals surface area contributed by atoms with E-state index in [0.717, 1.165) is 0 Å². The quantitative estimate of drug-likeness (QED) is 0.835. The first-order valence-corrected chi connectivity index (χ1v) is 4.70. The average Bonchev–Trinajstić information content (AvgIpc) is 2.02. The lowest BCUT2D eigenvalue weighted by atomic mass is 10.1. The summed E-state index contributed by atoms with van der Waals surface area (Å²) in [7, 11) is 0. The van der Waals surface area contributed by atoms with E-state index in [0.29, 0.717) is 20.6 Å². The van der Waals surface area contributed by atoms with Crippen molar-refractivity contribution in [3.63, 3.8) is 0 Å². The van der Waals surface area contributed by atoms with Crippen LogP contribution in [0.2, 0.25) is 15.1 Å². The van der Waals surface area contributed by atoms with Gasteiger partial charge in [0.25, 0.3) is 0 Å². The molecular formula is C8H8Cl3NO. The van der Waals surface area contributed by atoms with Crippen LogP contribution in [0, 0.1) is 0 Å². The van der Waals surface area contributed by atoms with E-state index in [4.69, 9.17) is 45.6 Å². The molecular weight excluding hydrogens is 232 g/mol. The lowest BCUT2D eigenvalue weighted by molar-refractivity contribution is 0.268. The molecule has 0 aliphatic carbocycles. The molecule has 5 heteroatoms. The van der Waals surface area contributed by atoms with Gasteiger partial charge in [-0.1, -0.05) is 34.8 Å². The van der Waals surface area contributed by atoms with E-state index in [1.54, 1.807) is 12.1 Å². The van der Waals surface area contributed by atoms with Crippen molar-refractivity contribution in [3.8, 4) is 0 Å². The summed E-state index contributed by atoms with van der Waals surface area (Å²) in [5.74, 6) is 0. The molecule has 0 radical (unpaired) electrons. The number of halogens is 3. The van der Waals surface area contributed by atoms with Crippen molar-refractivity contribution < 1.29 is 5.11 Å². The third-order valence-corrected chi connectivity index (χ3v) is 2.45. The molecule has 0 unspecified atom stereocenters. The highest BCUT2D eigenvalue weighted by Crippen LogP contribution is 2.32. The van der Waals surface area contributed by atoms with Crippen LogP contribution < -0.4 is 5.73 Å². The molecule has 0 aromatic heterocycles. The number of aliphatic hydroxyl groups is 1. The Bertz CT molecular complexity index is 293. The number of hydrogen-bond donors (Lipinski definition) is 2. The van der Waals surface area contributed by atoms with Crippen LogP contribution >= 0.6 is 34.8 Å². The van der Waals surface area contributed by atoms with Crippen molar-refractivity contribution in [3.05, 3.63) is 32.8 Å². The molecule has 0 bridgehead atoms. The Labute approximate surface area is 91.2 Å². The zero-order chi connectivity index (χ0) is 10.0. The van der Waals surface area contributed by atoms with Crippen LogP contribution in [0.3, 0.4) is 0 Å². The van der Waals surface area contributed by atoms with Gasteiger partial charge >= 0.3 is 0 Å². The van der Waals surface area contributed by atoms with Gasteiger partial charge in [0.15, 0.2) is 0 Å². The first kappa shape index (κ1) is 11.1. The van der Waals surface area contributed by atoms with E-state index in [1.165, 1.54) is 0 Å². The molecule has 1 atom stereocenters. The Morgan fingerprint density at radius 1 is 1.23 bits per heavy atom. The van der Waals surface area contributed by atoms with Crippen LogP contribution in [0.1, 0.15) is 11.6 Å². The second-order valence-electron chi connectivity index (χ2n) is 2.57. The Morgan fingerprint density at radius 3 is 2.08 bits per heavy atom. The highest BCUT2D eigenvalue weighted by molar-refractivity contribution is 6.39. The topological polar surface area (TPSA) is 46.2 Å². The fourth-order valence-electron chi connectivity index (χ4n) is 0.999. The maximum absolute atomic E-state index is 8.83. The Hall–Kier alpha value is 0.01000. The maximum atomic E-state index is 8.83. The monoisotopic (exact) mass is 239 g/mol. The van der Waals surface area contributed by atoms with Crippen molar-refractivity contribution in [1.82, 2.24) is 0 Å². The largest absolute Gasteiger partial charge is 0.394 e. The van der Waals surface area contributed by atoms with Crippen molar-refractivity contribution in [2.24, 2.45) is 5.73 Å². The van der Waals surface area contributed by atoms with Crippen molar-refractivity contribution >= 4 is 34.8 Å². The predicted octanol–water partition coefficient (Wildman–Crippen LogP) is 2.64. The van der Waals surface area contributed by atoms with Gasteiger partial charge in [-0.05, 0) is 12.1 Å². The minimum Gasteiger partial charge on any atom is -0.394 e. The summed E-state index contributed by atoms with van der Waals surface area (Å²) >= 11 is 17.4. The van der Waals surface area contributed by atoms with Gasteiger partial charge in [0.2, 0.25) is 0 Å². The van der Waals surface area contributed by atoms with E-state index in [1.807, 2.05) is 0 Å². The molecule has 0 fully saturated rings.